The summed E-state index contributed by atoms with van der Waals surface area (Å²) in [5, 5.41) is 20.3. The van der Waals surface area contributed by atoms with Gasteiger partial charge in [-0.1, -0.05) is 43.7 Å². The van der Waals surface area contributed by atoms with E-state index in [2.05, 4.69) is 6.58 Å². The summed E-state index contributed by atoms with van der Waals surface area (Å²) in [6.45, 7) is 12.3. The molecule has 146 valence electrons. The number of cyclic esters (lactones) is 1. The molecule has 4 atom stereocenters. The Labute approximate surface area is 156 Å². The van der Waals surface area contributed by atoms with E-state index in [1.807, 2.05) is 32.9 Å². The van der Waals surface area contributed by atoms with Gasteiger partial charge >= 0.3 is 5.97 Å². The first-order valence-corrected chi connectivity index (χ1v) is 9.15. The number of esters is 1. The smallest absolute Gasteiger partial charge is 0.316 e. The number of allylic oxidation sites excluding steroid dienone is 3. The molecule has 0 saturated carbocycles. The molecule has 0 aromatic rings. The molecule has 1 aliphatic heterocycles. The van der Waals surface area contributed by atoms with Crippen LogP contribution >= 0.6 is 0 Å². The van der Waals surface area contributed by atoms with Gasteiger partial charge < -0.3 is 14.9 Å². The van der Waals surface area contributed by atoms with Gasteiger partial charge in [0.25, 0.3) is 0 Å². The van der Waals surface area contributed by atoms with Crippen molar-refractivity contribution in [3.05, 3.63) is 35.5 Å². The number of hydrogen-bond donors (Lipinski definition) is 2. The third kappa shape index (κ3) is 5.64. The SMILES string of the molecule is C=C1/C=C(/C)C(CC)OC(=O)C(C)C(=O)C(O)(CO)C/C(C)=C/C(C)C1. The van der Waals surface area contributed by atoms with E-state index >= 15 is 0 Å². The zero-order valence-electron chi connectivity index (χ0n) is 16.5. The van der Waals surface area contributed by atoms with Gasteiger partial charge in [-0.15, -0.1) is 0 Å². The van der Waals surface area contributed by atoms with Crippen molar-refractivity contribution in [2.75, 3.05) is 6.61 Å². The standard InChI is InChI=1S/C21H32O5/c1-7-18-16(5)10-14(3)8-13(2)9-15(4)11-21(25,12-22)19(23)17(6)20(24)26-18/h9-10,13,17-18,22,25H,3,7-8,11-12H2,1-2,4-6H3/b15-9+,16-10-. The van der Waals surface area contributed by atoms with Gasteiger partial charge in [0.1, 0.15) is 12.0 Å². The van der Waals surface area contributed by atoms with Crippen LogP contribution in [0.1, 0.15) is 53.9 Å². The Hall–Kier alpha value is -1.72. The Morgan fingerprint density at radius 2 is 1.92 bits per heavy atom. The lowest BCUT2D eigenvalue weighted by molar-refractivity contribution is -0.161. The highest BCUT2D eigenvalue weighted by Gasteiger charge is 2.42. The van der Waals surface area contributed by atoms with Crippen LogP contribution in [0.25, 0.3) is 0 Å². The van der Waals surface area contributed by atoms with Crippen LogP contribution in [0.2, 0.25) is 0 Å². The van der Waals surface area contributed by atoms with Gasteiger partial charge in [-0.25, -0.2) is 0 Å². The lowest BCUT2D eigenvalue weighted by Gasteiger charge is -2.28. The minimum absolute atomic E-state index is 0.0250. The maximum atomic E-state index is 12.7. The first-order chi connectivity index (χ1) is 12.0. The fourth-order valence-electron chi connectivity index (χ4n) is 3.42. The molecule has 26 heavy (non-hydrogen) atoms. The van der Waals surface area contributed by atoms with E-state index in [1.54, 1.807) is 6.92 Å². The van der Waals surface area contributed by atoms with Gasteiger partial charge in [-0.2, -0.15) is 0 Å². The summed E-state index contributed by atoms with van der Waals surface area (Å²) < 4.78 is 5.50. The molecule has 2 N–H and O–H groups in total. The Morgan fingerprint density at radius 3 is 2.46 bits per heavy atom. The van der Waals surface area contributed by atoms with Gasteiger partial charge in [0.05, 0.1) is 6.61 Å². The summed E-state index contributed by atoms with van der Waals surface area (Å²) in [6.07, 6.45) is 4.70. The fraction of sp³-hybridized carbons (Fsp3) is 0.619. The number of aliphatic hydroxyl groups excluding tert-OH is 1. The van der Waals surface area contributed by atoms with Crippen LogP contribution in [0.4, 0.5) is 0 Å². The number of aliphatic hydroxyl groups is 2. The van der Waals surface area contributed by atoms with Gasteiger partial charge in [0, 0.05) is 6.42 Å². The Bertz CT molecular complexity index is 616. The molecule has 0 fully saturated rings. The number of ketones is 1. The summed E-state index contributed by atoms with van der Waals surface area (Å²) in [5.41, 5.74) is 0.576. The van der Waals surface area contributed by atoms with Crippen molar-refractivity contribution in [2.45, 2.75) is 65.6 Å². The monoisotopic (exact) mass is 364 g/mol. The largest absolute Gasteiger partial charge is 0.457 e. The average Bonchev–Trinajstić information content (AvgIpc) is 2.56. The van der Waals surface area contributed by atoms with E-state index in [4.69, 9.17) is 4.74 Å². The molecule has 1 heterocycles. The number of rotatable bonds is 2. The zero-order chi connectivity index (χ0) is 20.1. The molecule has 5 nitrogen and oxygen atoms in total. The second-order valence-corrected chi connectivity index (χ2v) is 7.53. The van der Waals surface area contributed by atoms with Crippen molar-refractivity contribution in [3.63, 3.8) is 0 Å². The van der Waals surface area contributed by atoms with Crippen molar-refractivity contribution in [1.29, 1.82) is 0 Å². The molecule has 1 aliphatic rings. The Morgan fingerprint density at radius 1 is 1.31 bits per heavy atom. The summed E-state index contributed by atoms with van der Waals surface area (Å²) in [4.78, 5) is 25.1. The molecule has 0 radical (unpaired) electrons. The predicted molar refractivity (Wildman–Crippen MR) is 101 cm³/mol. The molecule has 0 amide bonds. The molecule has 5 heteroatoms. The molecule has 0 aromatic heterocycles. The molecule has 0 aliphatic carbocycles. The lowest BCUT2D eigenvalue weighted by atomic mass is 9.84. The highest BCUT2D eigenvalue weighted by atomic mass is 16.5. The third-order valence-electron chi connectivity index (χ3n) is 4.76. The molecule has 4 unspecified atom stereocenters. The highest BCUT2D eigenvalue weighted by Crippen LogP contribution is 2.26. The number of Topliss-reactive ketones (excluding diaryl/α,β-unsaturated/α-hetero) is 1. The molecule has 0 spiro atoms. The van der Waals surface area contributed by atoms with E-state index in [0.717, 1.165) is 16.7 Å². The Kier molecular flexibility index (Phi) is 7.97. The van der Waals surface area contributed by atoms with E-state index in [9.17, 15) is 19.8 Å². The van der Waals surface area contributed by atoms with E-state index < -0.39 is 36.0 Å². The molecular weight excluding hydrogens is 332 g/mol. The van der Waals surface area contributed by atoms with Crippen molar-refractivity contribution < 1.29 is 24.5 Å². The first kappa shape index (κ1) is 22.3. The predicted octanol–water partition coefficient (Wildman–Crippen LogP) is 3.12. The summed E-state index contributed by atoms with van der Waals surface area (Å²) in [5.74, 6) is -2.42. The molecular formula is C21H32O5. The number of ether oxygens (including phenoxy) is 1. The van der Waals surface area contributed by atoms with Crippen molar-refractivity contribution in [1.82, 2.24) is 0 Å². The highest BCUT2D eigenvalue weighted by molar-refractivity contribution is 6.03. The molecule has 0 bridgehead atoms. The molecule has 0 saturated heterocycles. The molecule has 1 rings (SSSR count). The van der Waals surface area contributed by atoms with E-state index in [1.165, 1.54) is 6.92 Å². The fourth-order valence-corrected chi connectivity index (χ4v) is 3.42. The van der Waals surface area contributed by atoms with E-state index in [-0.39, 0.29) is 12.3 Å². The second kappa shape index (κ2) is 9.28. The minimum atomic E-state index is -1.99. The average molecular weight is 364 g/mol. The second-order valence-electron chi connectivity index (χ2n) is 7.53. The normalized spacial score (nSPS) is 36.4. The van der Waals surface area contributed by atoms with Crippen molar-refractivity contribution >= 4 is 11.8 Å². The number of carbonyl (C=O) groups is 2. The zero-order valence-corrected chi connectivity index (χ0v) is 16.5. The van der Waals surface area contributed by atoms with Crippen LogP contribution in [0.15, 0.2) is 35.5 Å². The summed E-state index contributed by atoms with van der Waals surface area (Å²) >= 11 is 0. The third-order valence-corrected chi connectivity index (χ3v) is 4.76. The van der Waals surface area contributed by atoms with Crippen LogP contribution in [0, 0.1) is 11.8 Å². The van der Waals surface area contributed by atoms with Crippen LogP contribution < -0.4 is 0 Å². The molecule has 0 aromatic carbocycles. The minimum Gasteiger partial charge on any atom is -0.457 e. The maximum absolute atomic E-state index is 12.7. The van der Waals surface area contributed by atoms with Gasteiger partial charge in [0.2, 0.25) is 0 Å². The van der Waals surface area contributed by atoms with Crippen molar-refractivity contribution in [3.8, 4) is 0 Å². The first-order valence-electron chi connectivity index (χ1n) is 9.15. The summed E-state index contributed by atoms with van der Waals surface area (Å²) in [6, 6.07) is 0. The van der Waals surface area contributed by atoms with Crippen LogP contribution in [0.3, 0.4) is 0 Å². The summed E-state index contributed by atoms with van der Waals surface area (Å²) in [7, 11) is 0. The number of hydrogen-bond acceptors (Lipinski definition) is 5. The van der Waals surface area contributed by atoms with Gasteiger partial charge in [-0.05, 0) is 45.1 Å². The van der Waals surface area contributed by atoms with Crippen LogP contribution in [-0.2, 0) is 14.3 Å². The van der Waals surface area contributed by atoms with Crippen molar-refractivity contribution in [2.24, 2.45) is 11.8 Å². The van der Waals surface area contributed by atoms with Crippen LogP contribution in [-0.4, -0.2) is 40.3 Å². The van der Waals surface area contributed by atoms with E-state index in [0.29, 0.717) is 12.8 Å². The van der Waals surface area contributed by atoms with Gasteiger partial charge in [0.15, 0.2) is 11.4 Å². The topological polar surface area (TPSA) is 83.8 Å². The quantitative estimate of drug-likeness (QED) is 0.447. The Balaban J connectivity index is 3.32. The lowest BCUT2D eigenvalue weighted by Crippen LogP contribution is -2.48. The maximum Gasteiger partial charge on any atom is 0.316 e. The van der Waals surface area contributed by atoms with Gasteiger partial charge in [-0.3, -0.25) is 9.59 Å². The number of carbonyl (C=O) groups excluding carboxylic acids is 2. The van der Waals surface area contributed by atoms with Crippen LogP contribution in [0.5, 0.6) is 0 Å².